The maximum Gasteiger partial charge on any atom is 0.259 e. The number of aryl methyl sites for hydroxylation is 3. The normalized spacial score (nSPS) is 14.7. The first kappa shape index (κ1) is 21.2. The van der Waals surface area contributed by atoms with E-state index in [0.29, 0.717) is 47.7 Å². The van der Waals surface area contributed by atoms with E-state index < -0.39 is 0 Å². The van der Waals surface area contributed by atoms with Crippen molar-refractivity contribution in [2.75, 3.05) is 31.1 Å². The van der Waals surface area contributed by atoms with Crippen LogP contribution in [-0.4, -0.2) is 47.1 Å². The first-order valence-electron chi connectivity index (χ1n) is 11.0. The van der Waals surface area contributed by atoms with Gasteiger partial charge in [0.25, 0.3) is 11.6 Å². The summed E-state index contributed by atoms with van der Waals surface area (Å²) in [5.74, 6) is 1.18. The maximum absolute atomic E-state index is 13.7. The molecule has 5 rings (SSSR count). The van der Waals surface area contributed by atoms with Crippen LogP contribution < -0.4 is 4.90 Å². The van der Waals surface area contributed by atoms with Crippen LogP contribution in [0.15, 0.2) is 45.3 Å². The van der Waals surface area contributed by atoms with Crippen molar-refractivity contribution in [2.24, 2.45) is 0 Å². The Morgan fingerprint density at radius 1 is 1.03 bits per heavy atom. The summed E-state index contributed by atoms with van der Waals surface area (Å²) in [5, 5.41) is 4.69. The minimum absolute atomic E-state index is 0.0752. The molecule has 1 amide bonds. The standard InChI is InChI=1S/C25H25FN4O3/c1-15-13-20(17(3)32-15)22-14-21(23-16(2)28-33-24(23)27-22)25(31)30-10-4-9-29(11-12-30)19-7-5-18(26)6-8-19/h5-8,13-14H,4,9-12H2,1-3H3. The summed E-state index contributed by atoms with van der Waals surface area (Å²) in [5.41, 5.74) is 3.92. The lowest BCUT2D eigenvalue weighted by Crippen LogP contribution is -2.35. The van der Waals surface area contributed by atoms with Gasteiger partial charge in [-0.3, -0.25) is 4.79 Å². The molecule has 3 aromatic heterocycles. The van der Waals surface area contributed by atoms with Crippen molar-refractivity contribution in [3.8, 4) is 11.3 Å². The third kappa shape index (κ3) is 3.97. The number of nitrogens with zero attached hydrogens (tertiary/aromatic N) is 4. The summed E-state index contributed by atoms with van der Waals surface area (Å²) >= 11 is 0. The van der Waals surface area contributed by atoms with E-state index in [9.17, 15) is 9.18 Å². The molecule has 7 nitrogen and oxygen atoms in total. The molecule has 0 bridgehead atoms. The van der Waals surface area contributed by atoms with E-state index in [2.05, 4.69) is 15.0 Å². The SMILES string of the molecule is Cc1cc(-c2cc(C(=O)N3CCCN(c4ccc(F)cc4)CC3)c3c(C)noc3n2)c(C)o1. The lowest BCUT2D eigenvalue weighted by Gasteiger charge is -2.24. The van der Waals surface area contributed by atoms with Gasteiger partial charge in [0.1, 0.15) is 17.3 Å². The van der Waals surface area contributed by atoms with E-state index in [1.165, 1.54) is 12.1 Å². The molecule has 0 saturated carbocycles. The summed E-state index contributed by atoms with van der Waals surface area (Å²) in [6.07, 6.45) is 0.812. The Hall–Kier alpha value is -3.68. The van der Waals surface area contributed by atoms with E-state index in [4.69, 9.17) is 8.94 Å². The number of benzene rings is 1. The number of furan rings is 1. The number of anilines is 1. The van der Waals surface area contributed by atoms with Gasteiger partial charge in [-0.15, -0.1) is 0 Å². The first-order chi connectivity index (χ1) is 15.9. The Morgan fingerprint density at radius 3 is 2.55 bits per heavy atom. The summed E-state index contributed by atoms with van der Waals surface area (Å²) in [4.78, 5) is 22.4. The van der Waals surface area contributed by atoms with E-state index in [1.54, 1.807) is 12.1 Å². The summed E-state index contributed by atoms with van der Waals surface area (Å²) in [6.45, 7) is 8.22. The lowest BCUT2D eigenvalue weighted by atomic mass is 10.0. The highest BCUT2D eigenvalue weighted by Gasteiger charge is 2.26. The number of fused-ring (bicyclic) bond motifs is 1. The van der Waals surface area contributed by atoms with Gasteiger partial charge in [0.05, 0.1) is 22.3 Å². The number of hydrogen-bond acceptors (Lipinski definition) is 6. The smallest absolute Gasteiger partial charge is 0.259 e. The average molecular weight is 448 g/mol. The van der Waals surface area contributed by atoms with Gasteiger partial charge >= 0.3 is 0 Å². The third-order valence-corrected chi connectivity index (χ3v) is 6.14. The molecule has 4 aromatic rings. The minimum atomic E-state index is -0.255. The van der Waals surface area contributed by atoms with Crippen molar-refractivity contribution >= 4 is 22.7 Å². The van der Waals surface area contributed by atoms with Crippen LogP contribution in [0.5, 0.6) is 0 Å². The number of aromatic nitrogens is 2. The van der Waals surface area contributed by atoms with Crippen molar-refractivity contribution in [3.05, 3.63) is 65.0 Å². The fourth-order valence-electron chi connectivity index (χ4n) is 4.49. The second-order valence-corrected chi connectivity index (χ2v) is 8.44. The molecule has 0 N–H and O–H groups in total. The second-order valence-electron chi connectivity index (χ2n) is 8.44. The van der Waals surface area contributed by atoms with Crippen LogP contribution in [-0.2, 0) is 0 Å². The Labute approximate surface area is 190 Å². The predicted octanol–water partition coefficient (Wildman–Crippen LogP) is 4.90. The topological polar surface area (TPSA) is 75.6 Å². The van der Waals surface area contributed by atoms with Gasteiger partial charge in [-0.25, -0.2) is 9.37 Å². The van der Waals surface area contributed by atoms with Crippen molar-refractivity contribution in [1.82, 2.24) is 15.0 Å². The fraction of sp³-hybridized carbons (Fsp3) is 0.320. The van der Waals surface area contributed by atoms with Crippen molar-refractivity contribution in [1.29, 1.82) is 0 Å². The molecule has 1 aliphatic rings. The number of pyridine rings is 1. The highest BCUT2D eigenvalue weighted by molar-refractivity contribution is 6.07. The summed E-state index contributed by atoms with van der Waals surface area (Å²) < 4.78 is 24.4. The minimum Gasteiger partial charge on any atom is -0.466 e. The van der Waals surface area contributed by atoms with Crippen LogP contribution in [0.2, 0.25) is 0 Å². The highest BCUT2D eigenvalue weighted by Crippen LogP contribution is 2.31. The Morgan fingerprint density at radius 2 is 1.82 bits per heavy atom. The molecule has 0 spiro atoms. The quantitative estimate of drug-likeness (QED) is 0.444. The zero-order chi connectivity index (χ0) is 23.1. The molecule has 1 fully saturated rings. The average Bonchev–Trinajstić information content (AvgIpc) is 3.23. The van der Waals surface area contributed by atoms with Crippen LogP contribution in [0.1, 0.15) is 34.0 Å². The molecule has 0 atom stereocenters. The summed E-state index contributed by atoms with van der Waals surface area (Å²) in [6, 6.07) is 10.2. The van der Waals surface area contributed by atoms with Crippen LogP contribution in [0, 0.1) is 26.6 Å². The first-order valence-corrected chi connectivity index (χ1v) is 11.0. The van der Waals surface area contributed by atoms with Crippen LogP contribution in [0.4, 0.5) is 10.1 Å². The van der Waals surface area contributed by atoms with Gasteiger partial charge in [0, 0.05) is 37.4 Å². The molecule has 8 heteroatoms. The Bertz CT molecular complexity index is 1330. The second kappa shape index (κ2) is 8.35. The van der Waals surface area contributed by atoms with Gasteiger partial charge in [-0.05, 0) is 63.6 Å². The number of halogens is 1. The largest absolute Gasteiger partial charge is 0.466 e. The van der Waals surface area contributed by atoms with Crippen LogP contribution in [0.3, 0.4) is 0 Å². The Kier molecular flexibility index (Phi) is 5.36. The van der Waals surface area contributed by atoms with E-state index >= 15 is 0 Å². The Balaban J connectivity index is 1.47. The molecule has 1 saturated heterocycles. The fourth-order valence-corrected chi connectivity index (χ4v) is 4.49. The highest BCUT2D eigenvalue weighted by atomic mass is 19.1. The number of amides is 1. The maximum atomic E-state index is 13.7. The summed E-state index contributed by atoms with van der Waals surface area (Å²) in [7, 11) is 0. The number of carbonyl (C=O) groups excluding carboxylic acids is 1. The van der Waals surface area contributed by atoms with E-state index in [-0.39, 0.29) is 11.7 Å². The molecule has 0 radical (unpaired) electrons. The van der Waals surface area contributed by atoms with Crippen LogP contribution >= 0.6 is 0 Å². The van der Waals surface area contributed by atoms with Crippen molar-refractivity contribution in [3.63, 3.8) is 0 Å². The van der Waals surface area contributed by atoms with Gasteiger partial charge in [-0.1, -0.05) is 5.16 Å². The molecular weight excluding hydrogens is 423 g/mol. The molecule has 0 unspecified atom stereocenters. The van der Waals surface area contributed by atoms with Crippen molar-refractivity contribution < 1.29 is 18.1 Å². The van der Waals surface area contributed by atoms with Gasteiger partial charge in [0.15, 0.2) is 0 Å². The van der Waals surface area contributed by atoms with Gasteiger partial charge in [-0.2, -0.15) is 0 Å². The number of carbonyl (C=O) groups is 1. The third-order valence-electron chi connectivity index (χ3n) is 6.14. The zero-order valence-corrected chi connectivity index (χ0v) is 18.9. The lowest BCUT2D eigenvalue weighted by molar-refractivity contribution is 0.0769. The van der Waals surface area contributed by atoms with E-state index in [1.807, 2.05) is 37.8 Å². The molecular formula is C25H25FN4O3. The van der Waals surface area contributed by atoms with Crippen LogP contribution in [0.25, 0.3) is 22.4 Å². The monoisotopic (exact) mass is 448 g/mol. The number of hydrogen-bond donors (Lipinski definition) is 0. The van der Waals surface area contributed by atoms with E-state index in [0.717, 1.165) is 35.7 Å². The van der Waals surface area contributed by atoms with Gasteiger partial charge < -0.3 is 18.7 Å². The zero-order valence-electron chi connectivity index (χ0n) is 18.9. The number of rotatable bonds is 3. The molecule has 33 heavy (non-hydrogen) atoms. The van der Waals surface area contributed by atoms with Gasteiger partial charge in [0.2, 0.25) is 0 Å². The molecule has 170 valence electrons. The molecule has 1 aromatic carbocycles. The molecule has 4 heterocycles. The molecule has 1 aliphatic heterocycles. The predicted molar refractivity (Wildman–Crippen MR) is 123 cm³/mol. The van der Waals surface area contributed by atoms with Crippen molar-refractivity contribution in [2.45, 2.75) is 27.2 Å². The molecule has 0 aliphatic carbocycles.